The molecule has 0 bridgehead atoms. The smallest absolute Gasteiger partial charge is 0.220 e. The van der Waals surface area contributed by atoms with Gasteiger partial charge >= 0.3 is 0 Å². The molecule has 7 heteroatoms. The van der Waals surface area contributed by atoms with E-state index in [1.807, 2.05) is 13.8 Å². The minimum Gasteiger partial charge on any atom is -0.394 e. The summed E-state index contributed by atoms with van der Waals surface area (Å²) in [4.78, 5) is 12.0. The van der Waals surface area contributed by atoms with E-state index in [9.17, 15) is 25.2 Å². The lowest BCUT2D eigenvalue weighted by molar-refractivity contribution is -0.123. The average molecular weight is 546 g/mol. The van der Waals surface area contributed by atoms with E-state index in [4.69, 9.17) is 0 Å². The third-order valence-corrected chi connectivity index (χ3v) is 10.1. The summed E-state index contributed by atoms with van der Waals surface area (Å²) in [7, 11) is -0.631. The summed E-state index contributed by atoms with van der Waals surface area (Å²) in [6, 6.07) is 15.1. The molecule has 0 radical (unpaired) electrons. The van der Waals surface area contributed by atoms with Gasteiger partial charge in [0.15, 0.2) is 0 Å². The Bertz CT molecular complexity index is 1040. The van der Waals surface area contributed by atoms with Crippen molar-refractivity contribution in [3.05, 3.63) is 70.3 Å². The summed E-state index contributed by atoms with van der Waals surface area (Å²) in [5.74, 6) is 0.545. The van der Waals surface area contributed by atoms with Crippen molar-refractivity contribution in [2.24, 2.45) is 0 Å². The Balaban J connectivity index is 1.48. The van der Waals surface area contributed by atoms with E-state index in [0.29, 0.717) is 12.2 Å². The van der Waals surface area contributed by atoms with Crippen molar-refractivity contribution in [1.29, 1.82) is 0 Å². The topological polar surface area (TPSA) is 110 Å². The van der Waals surface area contributed by atoms with Gasteiger partial charge in [-0.05, 0) is 80.5 Å². The number of thiol groups is 1. The van der Waals surface area contributed by atoms with Crippen LogP contribution in [0, 0.1) is 6.92 Å². The number of amides is 1. The number of hydrogen-bond acceptors (Lipinski definition) is 5. The van der Waals surface area contributed by atoms with Crippen LogP contribution >= 0.6 is 10.9 Å². The monoisotopic (exact) mass is 545 g/mol. The van der Waals surface area contributed by atoms with Crippen LogP contribution in [0.2, 0.25) is 0 Å². The Morgan fingerprint density at radius 2 is 1.63 bits per heavy atom. The number of aliphatic hydroxyl groups is 4. The molecule has 0 aromatic heterocycles. The molecule has 5 N–H and O–H groups in total. The predicted octanol–water partition coefficient (Wildman–Crippen LogP) is 3.73. The maximum absolute atomic E-state index is 12.0. The lowest BCUT2D eigenvalue weighted by Gasteiger charge is -2.42. The molecule has 5 atom stereocenters. The zero-order valence-corrected chi connectivity index (χ0v) is 24.3. The second-order valence-electron chi connectivity index (χ2n) is 11.6. The molecule has 38 heavy (non-hydrogen) atoms. The maximum Gasteiger partial charge on any atom is 0.220 e. The molecule has 3 rings (SSSR count). The zero-order valence-electron chi connectivity index (χ0n) is 23.4. The average Bonchev–Trinajstić information content (AvgIpc) is 2.87. The van der Waals surface area contributed by atoms with Crippen LogP contribution in [0.4, 0.5) is 0 Å². The first-order valence-corrected chi connectivity index (χ1v) is 15.9. The first kappa shape index (κ1) is 30.6. The van der Waals surface area contributed by atoms with Gasteiger partial charge in [0.1, 0.15) is 6.10 Å². The fourth-order valence-electron chi connectivity index (χ4n) is 5.20. The predicted molar refractivity (Wildman–Crippen MR) is 157 cm³/mol. The first-order chi connectivity index (χ1) is 18.0. The van der Waals surface area contributed by atoms with E-state index in [2.05, 4.69) is 61.0 Å². The van der Waals surface area contributed by atoms with Crippen LogP contribution in [-0.2, 0) is 17.6 Å². The summed E-state index contributed by atoms with van der Waals surface area (Å²) in [5, 5.41) is 42.9. The molecular weight excluding hydrogens is 498 g/mol. The summed E-state index contributed by atoms with van der Waals surface area (Å²) < 4.78 is 0. The minimum absolute atomic E-state index is 0.00204. The number of rotatable bonds is 12. The van der Waals surface area contributed by atoms with E-state index < -0.39 is 34.7 Å². The number of benzene rings is 2. The number of hydrogen-bond donors (Lipinski definition) is 6. The molecule has 1 aliphatic heterocycles. The molecule has 2 aromatic rings. The normalized spacial score (nSPS) is 24.8. The molecule has 0 spiro atoms. The number of aliphatic hydroxyl groups excluding tert-OH is 4. The highest BCUT2D eigenvalue weighted by Gasteiger charge is 2.40. The molecule has 1 amide bonds. The summed E-state index contributed by atoms with van der Waals surface area (Å²) in [5.41, 5.74) is 5.47. The molecule has 212 valence electrons. The molecular formula is C31H47NO5S. The zero-order chi connectivity index (χ0) is 27.9. The van der Waals surface area contributed by atoms with Gasteiger partial charge in [-0.2, -0.15) is 0 Å². The molecule has 0 aliphatic carbocycles. The quantitative estimate of drug-likeness (QED) is 0.180. The van der Waals surface area contributed by atoms with Gasteiger partial charge in [0.2, 0.25) is 5.91 Å². The second-order valence-corrected chi connectivity index (χ2v) is 14.1. The second kappa shape index (κ2) is 13.9. The molecule has 1 heterocycles. The van der Waals surface area contributed by atoms with Crippen molar-refractivity contribution in [2.45, 2.75) is 94.8 Å². The van der Waals surface area contributed by atoms with Gasteiger partial charge in [-0.25, -0.2) is 10.9 Å². The van der Waals surface area contributed by atoms with Crippen molar-refractivity contribution in [3.8, 4) is 0 Å². The highest BCUT2D eigenvalue weighted by atomic mass is 32.2. The molecule has 1 unspecified atom stereocenters. The SMILES string of the molecule is Cc1ccc([C@H]2[C@H](O)[C@H](O)[C@H](O)C[SH]2C)cc1Cc1ccc(CCCCCCC(=O)NC(C)(C)CO)cc1. The van der Waals surface area contributed by atoms with Gasteiger partial charge in [-0.3, -0.25) is 4.79 Å². The van der Waals surface area contributed by atoms with Crippen LogP contribution in [0.3, 0.4) is 0 Å². The Labute approximate surface area is 230 Å². The van der Waals surface area contributed by atoms with Crippen molar-refractivity contribution in [1.82, 2.24) is 5.32 Å². The lowest BCUT2D eigenvalue weighted by Crippen LogP contribution is -2.47. The van der Waals surface area contributed by atoms with Gasteiger partial charge in [-0.15, -0.1) is 0 Å². The lowest BCUT2D eigenvalue weighted by atomic mass is 9.93. The van der Waals surface area contributed by atoms with Gasteiger partial charge < -0.3 is 25.7 Å². The standard InChI is InChI=1S/C31H47NO5S/c1-21-11-16-24(30-29(37)28(36)26(34)19-38(30)4)18-25(21)17-23-14-12-22(13-15-23)9-7-5-6-8-10-27(35)32-31(2,3)20-33/h11-16,18,26,28-30,33-34,36-38H,5-10,17,19-20H2,1-4H3,(H,32,35)/t26-,28-,29-,30+/m1/s1. The van der Waals surface area contributed by atoms with Crippen molar-refractivity contribution in [3.63, 3.8) is 0 Å². The van der Waals surface area contributed by atoms with E-state index in [1.54, 1.807) is 0 Å². The van der Waals surface area contributed by atoms with E-state index in [0.717, 1.165) is 44.1 Å². The van der Waals surface area contributed by atoms with Crippen LogP contribution in [0.5, 0.6) is 0 Å². The fourth-order valence-corrected chi connectivity index (χ4v) is 7.60. The Kier molecular flexibility index (Phi) is 11.2. The molecule has 0 saturated carbocycles. The molecule has 1 aliphatic rings. The molecule has 2 aromatic carbocycles. The Hall–Kier alpha value is -1.90. The Morgan fingerprint density at radius 3 is 2.32 bits per heavy atom. The molecule has 6 nitrogen and oxygen atoms in total. The number of aryl methyl sites for hydroxylation is 2. The summed E-state index contributed by atoms with van der Waals surface area (Å²) in [6.07, 6.45) is 5.59. The third-order valence-electron chi connectivity index (χ3n) is 7.64. The largest absolute Gasteiger partial charge is 0.394 e. The van der Waals surface area contributed by atoms with Crippen LogP contribution in [-0.4, -0.2) is 68.8 Å². The maximum atomic E-state index is 12.0. The van der Waals surface area contributed by atoms with Gasteiger partial charge in [0, 0.05) is 17.4 Å². The van der Waals surface area contributed by atoms with E-state index in [-0.39, 0.29) is 17.8 Å². The summed E-state index contributed by atoms with van der Waals surface area (Å²) in [6.45, 7) is 5.67. The Morgan fingerprint density at radius 1 is 0.974 bits per heavy atom. The van der Waals surface area contributed by atoms with Gasteiger partial charge in [0.05, 0.1) is 24.4 Å². The van der Waals surface area contributed by atoms with Crippen LogP contribution in [0.15, 0.2) is 42.5 Å². The number of unbranched alkanes of at least 4 members (excludes halogenated alkanes) is 3. The van der Waals surface area contributed by atoms with Crippen LogP contribution < -0.4 is 5.32 Å². The fraction of sp³-hybridized carbons (Fsp3) is 0.581. The van der Waals surface area contributed by atoms with Crippen molar-refractivity contribution >= 4 is 16.8 Å². The number of carbonyl (C=O) groups excluding carboxylic acids is 1. The minimum atomic E-state index is -1.10. The van der Waals surface area contributed by atoms with Crippen molar-refractivity contribution in [2.75, 3.05) is 18.6 Å². The first-order valence-electron chi connectivity index (χ1n) is 13.8. The van der Waals surface area contributed by atoms with Gasteiger partial charge in [0.25, 0.3) is 0 Å². The van der Waals surface area contributed by atoms with E-state index in [1.165, 1.54) is 22.3 Å². The highest BCUT2D eigenvalue weighted by Crippen LogP contribution is 2.48. The van der Waals surface area contributed by atoms with Gasteiger partial charge in [-0.1, -0.05) is 55.3 Å². The van der Waals surface area contributed by atoms with Crippen LogP contribution in [0.25, 0.3) is 0 Å². The number of nitrogens with one attached hydrogen (secondary N) is 1. The van der Waals surface area contributed by atoms with Crippen molar-refractivity contribution < 1.29 is 25.2 Å². The third kappa shape index (κ3) is 8.55. The van der Waals surface area contributed by atoms with E-state index >= 15 is 0 Å². The molecule has 1 saturated heterocycles. The number of carbonyl (C=O) groups is 1. The highest BCUT2D eigenvalue weighted by molar-refractivity contribution is 8.16. The summed E-state index contributed by atoms with van der Waals surface area (Å²) >= 11 is 0. The molecule has 1 fully saturated rings. The van der Waals surface area contributed by atoms with Crippen LogP contribution in [0.1, 0.15) is 79.0 Å².